The van der Waals surface area contributed by atoms with Crippen LogP contribution >= 0.6 is 11.6 Å². The van der Waals surface area contributed by atoms with Crippen molar-refractivity contribution in [3.05, 3.63) is 106 Å². The molecule has 38 heavy (non-hydrogen) atoms. The van der Waals surface area contributed by atoms with E-state index in [1.54, 1.807) is 16.8 Å². The van der Waals surface area contributed by atoms with Crippen LogP contribution in [0.25, 0.3) is 5.70 Å². The molecule has 4 aromatic rings. The number of ether oxygens (including phenoxy) is 3. The first-order valence-corrected chi connectivity index (χ1v) is 12.6. The molecule has 0 unspecified atom stereocenters. The number of methoxy groups -OCH3 is 1. The molecular formula is C29H27ClN4O4. The van der Waals surface area contributed by atoms with Crippen LogP contribution in [0.15, 0.2) is 78.6 Å². The minimum absolute atomic E-state index is 0.378. The van der Waals surface area contributed by atoms with E-state index in [0.717, 1.165) is 16.7 Å². The van der Waals surface area contributed by atoms with E-state index in [-0.39, 0.29) is 0 Å². The fraction of sp³-hybridized carbons (Fsp3) is 0.207. The Morgan fingerprint density at radius 3 is 2.50 bits per heavy atom. The fourth-order valence-electron chi connectivity index (χ4n) is 4.37. The molecular weight excluding hydrogens is 504 g/mol. The van der Waals surface area contributed by atoms with Crippen molar-refractivity contribution in [2.24, 2.45) is 0 Å². The normalized spacial score (nSPS) is 14.5. The van der Waals surface area contributed by atoms with Crippen LogP contribution in [0, 0.1) is 6.92 Å². The quantitative estimate of drug-likeness (QED) is 0.287. The third-order valence-electron chi connectivity index (χ3n) is 6.23. The Kier molecular flexibility index (Phi) is 7.33. The third-order valence-corrected chi connectivity index (χ3v) is 6.49. The molecule has 0 radical (unpaired) electrons. The van der Waals surface area contributed by atoms with Gasteiger partial charge in [0, 0.05) is 5.02 Å². The van der Waals surface area contributed by atoms with Gasteiger partial charge in [0.15, 0.2) is 11.5 Å². The van der Waals surface area contributed by atoms with E-state index in [1.807, 2.05) is 56.3 Å². The molecule has 5 rings (SSSR count). The van der Waals surface area contributed by atoms with Gasteiger partial charge >= 0.3 is 5.97 Å². The van der Waals surface area contributed by atoms with Crippen molar-refractivity contribution in [2.75, 3.05) is 19.0 Å². The van der Waals surface area contributed by atoms with Gasteiger partial charge in [-0.2, -0.15) is 10.1 Å². The number of carbonyl (C=O) groups is 1. The van der Waals surface area contributed by atoms with Crippen molar-refractivity contribution in [1.29, 1.82) is 0 Å². The van der Waals surface area contributed by atoms with Gasteiger partial charge in [-0.05, 0) is 54.8 Å². The second-order valence-electron chi connectivity index (χ2n) is 8.76. The Labute approximate surface area is 225 Å². The average Bonchev–Trinajstić information content (AvgIpc) is 3.41. The number of hydrogen-bond donors (Lipinski definition) is 1. The molecule has 9 heteroatoms. The number of esters is 1. The number of rotatable bonds is 8. The number of benzene rings is 3. The zero-order chi connectivity index (χ0) is 26.6. The number of carbonyl (C=O) groups excluding carboxylic acids is 1. The summed E-state index contributed by atoms with van der Waals surface area (Å²) in [6.45, 7) is 4.80. The summed E-state index contributed by atoms with van der Waals surface area (Å²) in [5, 5.41) is 8.24. The Morgan fingerprint density at radius 1 is 1.03 bits per heavy atom. The van der Waals surface area contributed by atoms with Crippen LogP contribution in [0.2, 0.25) is 5.02 Å². The lowest BCUT2D eigenvalue weighted by Gasteiger charge is -2.29. The third kappa shape index (κ3) is 5.08. The lowest BCUT2D eigenvalue weighted by Crippen LogP contribution is -2.29. The van der Waals surface area contributed by atoms with Crippen LogP contribution in [0.4, 0.5) is 5.95 Å². The number of nitrogens with one attached hydrogen (secondary N) is 1. The molecule has 0 saturated heterocycles. The lowest BCUT2D eigenvalue weighted by atomic mass is 9.92. The Hall–Kier alpha value is -4.30. The topological polar surface area (TPSA) is 87.5 Å². The highest BCUT2D eigenvalue weighted by Gasteiger charge is 2.36. The van der Waals surface area contributed by atoms with Crippen LogP contribution in [0.3, 0.4) is 0 Å². The number of nitrogens with zero attached hydrogens (tertiary/aromatic N) is 3. The summed E-state index contributed by atoms with van der Waals surface area (Å²) in [4.78, 5) is 17.6. The highest BCUT2D eigenvalue weighted by molar-refractivity contribution is 6.30. The van der Waals surface area contributed by atoms with Crippen LogP contribution < -0.4 is 14.8 Å². The van der Waals surface area contributed by atoms with Gasteiger partial charge < -0.3 is 19.5 Å². The summed E-state index contributed by atoms with van der Waals surface area (Å²) < 4.78 is 19.0. The zero-order valence-corrected chi connectivity index (χ0v) is 22.0. The van der Waals surface area contributed by atoms with E-state index in [0.29, 0.717) is 47.0 Å². The van der Waals surface area contributed by atoms with Gasteiger partial charge in [-0.1, -0.05) is 59.6 Å². The van der Waals surface area contributed by atoms with Gasteiger partial charge in [0.05, 0.1) is 25.0 Å². The Bertz CT molecular complexity index is 1480. The number of hydrogen-bond acceptors (Lipinski definition) is 7. The molecule has 0 spiro atoms. The van der Waals surface area contributed by atoms with Crippen LogP contribution in [0.1, 0.15) is 35.2 Å². The van der Waals surface area contributed by atoms with E-state index in [1.165, 1.54) is 19.0 Å². The zero-order valence-electron chi connectivity index (χ0n) is 21.3. The summed E-state index contributed by atoms with van der Waals surface area (Å²) in [6, 6.07) is 20.4. The number of anilines is 1. The molecule has 0 bridgehead atoms. The first kappa shape index (κ1) is 25.4. The van der Waals surface area contributed by atoms with Crippen molar-refractivity contribution in [3.8, 4) is 11.5 Å². The van der Waals surface area contributed by atoms with E-state index >= 15 is 0 Å². The van der Waals surface area contributed by atoms with E-state index in [2.05, 4.69) is 27.5 Å². The first-order chi connectivity index (χ1) is 18.5. The molecule has 0 amide bonds. The summed E-state index contributed by atoms with van der Waals surface area (Å²) >= 11 is 6.12. The van der Waals surface area contributed by atoms with Gasteiger partial charge in [-0.15, -0.1) is 0 Å². The van der Waals surface area contributed by atoms with E-state index in [4.69, 9.17) is 25.8 Å². The van der Waals surface area contributed by atoms with Crippen molar-refractivity contribution in [2.45, 2.75) is 26.5 Å². The van der Waals surface area contributed by atoms with Crippen LogP contribution in [0.5, 0.6) is 11.5 Å². The first-order valence-electron chi connectivity index (χ1n) is 12.2. The van der Waals surface area contributed by atoms with Crippen LogP contribution in [-0.2, 0) is 16.1 Å². The number of fused-ring (bicyclic) bond motifs is 1. The predicted octanol–water partition coefficient (Wildman–Crippen LogP) is 5.82. The van der Waals surface area contributed by atoms with Crippen LogP contribution in [-0.4, -0.2) is 34.5 Å². The van der Waals surface area contributed by atoms with Crippen molar-refractivity contribution >= 4 is 29.2 Å². The van der Waals surface area contributed by atoms with Gasteiger partial charge in [-0.3, -0.25) is 0 Å². The minimum Gasteiger partial charge on any atom is -0.490 e. The maximum Gasteiger partial charge on any atom is 0.338 e. The molecule has 194 valence electrons. The molecule has 8 nitrogen and oxygen atoms in total. The van der Waals surface area contributed by atoms with Crippen molar-refractivity contribution in [1.82, 2.24) is 14.8 Å². The molecule has 1 aromatic heterocycles. The van der Waals surface area contributed by atoms with Crippen molar-refractivity contribution < 1.29 is 19.0 Å². The summed E-state index contributed by atoms with van der Waals surface area (Å²) in [5.74, 6) is 1.16. The number of aryl methyl sites for hydroxylation is 1. The van der Waals surface area contributed by atoms with Gasteiger partial charge in [0.1, 0.15) is 19.0 Å². The molecule has 3 aromatic carbocycles. The summed E-state index contributed by atoms with van der Waals surface area (Å²) in [7, 11) is 1.36. The predicted molar refractivity (Wildman–Crippen MR) is 145 cm³/mol. The molecule has 1 N–H and O–H groups in total. The largest absolute Gasteiger partial charge is 0.490 e. The molecule has 0 saturated carbocycles. The number of aromatic nitrogens is 3. The average molecular weight is 531 g/mol. The fourth-order valence-corrected chi connectivity index (χ4v) is 4.50. The minimum atomic E-state index is -0.628. The smallest absolute Gasteiger partial charge is 0.338 e. The maximum absolute atomic E-state index is 13.2. The lowest BCUT2D eigenvalue weighted by molar-refractivity contribution is -0.136. The summed E-state index contributed by atoms with van der Waals surface area (Å²) in [5.41, 5.74) is 4.71. The van der Waals surface area contributed by atoms with Gasteiger partial charge in [0.25, 0.3) is 0 Å². The maximum atomic E-state index is 13.2. The SMILES string of the molecule is CCOc1cc([C@@H]2C(C(=O)OC)=C(c3ccc(Cl)cc3)Nc3ncnn32)ccc1OCc1ccc(C)cc1. The van der Waals surface area contributed by atoms with E-state index in [9.17, 15) is 4.79 Å². The Balaban J connectivity index is 1.58. The molecule has 0 aliphatic carbocycles. The molecule has 0 fully saturated rings. The molecule has 1 atom stereocenters. The summed E-state index contributed by atoms with van der Waals surface area (Å²) in [6.07, 6.45) is 1.44. The second-order valence-corrected chi connectivity index (χ2v) is 9.19. The van der Waals surface area contributed by atoms with Gasteiger partial charge in [0.2, 0.25) is 5.95 Å². The highest BCUT2D eigenvalue weighted by Crippen LogP contribution is 2.41. The standard InChI is InChI=1S/C29H27ClN4O4/c1-4-37-24-15-21(11-14-23(24)38-16-19-7-5-18(2)6-8-19)27-25(28(35)36-3)26(20-9-12-22(30)13-10-20)33-29-31-17-32-34(27)29/h5-15,17,27H,4,16H2,1-3H3,(H,31,32,33)/t27-/m1/s1. The van der Waals surface area contributed by atoms with Crippen molar-refractivity contribution in [3.63, 3.8) is 0 Å². The Morgan fingerprint density at radius 2 is 1.79 bits per heavy atom. The highest BCUT2D eigenvalue weighted by atomic mass is 35.5. The number of halogens is 1. The second kappa shape index (κ2) is 11.0. The van der Waals surface area contributed by atoms with E-state index < -0.39 is 12.0 Å². The molecule has 2 heterocycles. The molecule has 1 aliphatic heterocycles. The van der Waals surface area contributed by atoms with Gasteiger partial charge in [-0.25, -0.2) is 9.48 Å². The molecule has 1 aliphatic rings. The monoisotopic (exact) mass is 530 g/mol.